The molecule has 120 valence electrons. The summed E-state index contributed by atoms with van der Waals surface area (Å²) in [7, 11) is 0. The number of likely N-dealkylation sites (tertiary alicyclic amines) is 1. The first-order valence-electron chi connectivity index (χ1n) is 9.74. The molecule has 0 amide bonds. The summed E-state index contributed by atoms with van der Waals surface area (Å²) >= 11 is 0. The van der Waals surface area contributed by atoms with Crippen LogP contribution in [0.4, 0.5) is 0 Å². The van der Waals surface area contributed by atoms with E-state index >= 15 is 0 Å². The fourth-order valence-corrected chi connectivity index (χ4v) is 6.49. The van der Waals surface area contributed by atoms with Crippen molar-refractivity contribution >= 4 is 0 Å². The Kier molecular flexibility index (Phi) is 4.28. The maximum absolute atomic E-state index is 3.77. The van der Waals surface area contributed by atoms with E-state index in [1.807, 2.05) is 0 Å². The first-order chi connectivity index (χ1) is 10.3. The van der Waals surface area contributed by atoms with Gasteiger partial charge in [0.15, 0.2) is 0 Å². The van der Waals surface area contributed by atoms with Crippen LogP contribution in [-0.2, 0) is 0 Å². The molecule has 5 fully saturated rings. The molecule has 5 aliphatic rings. The summed E-state index contributed by atoms with van der Waals surface area (Å²) in [4.78, 5) is 2.65. The largest absolute Gasteiger partial charge is 0.315 e. The molecule has 1 saturated heterocycles. The van der Waals surface area contributed by atoms with Gasteiger partial charge in [-0.1, -0.05) is 6.42 Å². The summed E-state index contributed by atoms with van der Waals surface area (Å²) in [6, 6.07) is 0. The zero-order valence-electron chi connectivity index (χ0n) is 13.8. The monoisotopic (exact) mass is 290 g/mol. The highest BCUT2D eigenvalue weighted by atomic mass is 15.1. The number of hydrogen-bond acceptors (Lipinski definition) is 2. The van der Waals surface area contributed by atoms with Gasteiger partial charge >= 0.3 is 0 Å². The van der Waals surface area contributed by atoms with E-state index < -0.39 is 0 Å². The Balaban J connectivity index is 1.17. The van der Waals surface area contributed by atoms with Gasteiger partial charge in [-0.05, 0) is 101 Å². The van der Waals surface area contributed by atoms with Gasteiger partial charge in [0.1, 0.15) is 0 Å². The van der Waals surface area contributed by atoms with Crippen molar-refractivity contribution in [1.29, 1.82) is 0 Å². The lowest BCUT2D eigenvalue weighted by Crippen LogP contribution is -2.47. The maximum atomic E-state index is 3.77. The van der Waals surface area contributed by atoms with Crippen LogP contribution in [0, 0.1) is 23.2 Å². The Morgan fingerprint density at radius 3 is 2.05 bits per heavy atom. The Morgan fingerprint density at radius 2 is 1.43 bits per heavy atom. The fraction of sp³-hybridized carbons (Fsp3) is 1.00. The first-order valence-corrected chi connectivity index (χ1v) is 9.74. The van der Waals surface area contributed by atoms with Gasteiger partial charge in [-0.2, -0.15) is 0 Å². The Hall–Kier alpha value is -0.0800. The zero-order valence-corrected chi connectivity index (χ0v) is 13.8. The van der Waals surface area contributed by atoms with Crippen LogP contribution >= 0.6 is 0 Å². The van der Waals surface area contributed by atoms with Crippen LogP contribution < -0.4 is 5.32 Å². The van der Waals surface area contributed by atoms with Crippen molar-refractivity contribution in [2.75, 3.05) is 32.7 Å². The maximum Gasteiger partial charge on any atom is 0.0107 e. The highest BCUT2D eigenvalue weighted by Crippen LogP contribution is 2.61. The molecule has 0 aromatic heterocycles. The average Bonchev–Trinajstić information content (AvgIpc) is 2.46. The SMILES string of the molecule is C1CCN(CCNCCC23CC4CC(CC(C4)C2)C3)CC1. The van der Waals surface area contributed by atoms with Gasteiger partial charge in [0.2, 0.25) is 0 Å². The van der Waals surface area contributed by atoms with E-state index in [0.717, 1.165) is 23.2 Å². The summed E-state index contributed by atoms with van der Waals surface area (Å²) < 4.78 is 0. The molecule has 0 unspecified atom stereocenters. The second-order valence-electron chi connectivity index (χ2n) is 8.82. The number of piperidine rings is 1. The quantitative estimate of drug-likeness (QED) is 0.751. The van der Waals surface area contributed by atoms with Crippen molar-refractivity contribution in [2.45, 2.75) is 64.2 Å². The highest BCUT2D eigenvalue weighted by molar-refractivity contribution is 5.01. The second kappa shape index (κ2) is 6.20. The van der Waals surface area contributed by atoms with Crippen molar-refractivity contribution in [1.82, 2.24) is 10.2 Å². The standard InChI is InChI=1S/C19H34N2/c1-2-7-21(8-3-1)9-6-20-5-4-19-13-16-10-17(14-19)12-18(11-16)15-19/h16-18,20H,1-15H2. The molecule has 0 atom stereocenters. The predicted octanol–water partition coefficient (Wildman–Crippen LogP) is 3.67. The molecule has 1 aliphatic heterocycles. The molecule has 5 rings (SSSR count). The number of rotatable bonds is 6. The van der Waals surface area contributed by atoms with Gasteiger partial charge in [-0.25, -0.2) is 0 Å². The molecular formula is C19H34N2. The number of nitrogens with zero attached hydrogens (tertiary/aromatic N) is 1. The van der Waals surface area contributed by atoms with Crippen molar-refractivity contribution in [2.24, 2.45) is 23.2 Å². The van der Waals surface area contributed by atoms with Gasteiger partial charge in [0.25, 0.3) is 0 Å². The second-order valence-corrected chi connectivity index (χ2v) is 8.82. The van der Waals surface area contributed by atoms with E-state index in [1.165, 1.54) is 58.4 Å². The lowest BCUT2D eigenvalue weighted by atomic mass is 9.49. The summed E-state index contributed by atoms with van der Waals surface area (Å²) in [6.07, 6.45) is 15.3. The molecule has 0 radical (unpaired) electrons. The number of hydrogen-bond donors (Lipinski definition) is 1. The van der Waals surface area contributed by atoms with Crippen LogP contribution in [0.2, 0.25) is 0 Å². The first kappa shape index (κ1) is 14.5. The fourth-order valence-electron chi connectivity index (χ4n) is 6.49. The topological polar surface area (TPSA) is 15.3 Å². The van der Waals surface area contributed by atoms with Gasteiger partial charge in [-0.15, -0.1) is 0 Å². The van der Waals surface area contributed by atoms with Crippen molar-refractivity contribution < 1.29 is 0 Å². The van der Waals surface area contributed by atoms with E-state index in [9.17, 15) is 0 Å². The van der Waals surface area contributed by atoms with E-state index in [-0.39, 0.29) is 0 Å². The van der Waals surface area contributed by atoms with Crippen LogP contribution in [0.25, 0.3) is 0 Å². The van der Waals surface area contributed by atoms with Crippen molar-refractivity contribution in [3.05, 3.63) is 0 Å². The lowest BCUT2D eigenvalue weighted by molar-refractivity contribution is -0.0567. The summed E-state index contributed by atoms with van der Waals surface area (Å²) in [6.45, 7) is 6.46. The molecule has 1 N–H and O–H groups in total. The number of nitrogens with one attached hydrogen (secondary N) is 1. The van der Waals surface area contributed by atoms with Gasteiger partial charge < -0.3 is 10.2 Å². The molecule has 0 aromatic rings. The van der Waals surface area contributed by atoms with E-state index in [4.69, 9.17) is 0 Å². The minimum Gasteiger partial charge on any atom is -0.315 e. The highest BCUT2D eigenvalue weighted by Gasteiger charge is 2.50. The summed E-state index contributed by atoms with van der Waals surface area (Å²) in [5.41, 5.74) is 0.771. The van der Waals surface area contributed by atoms with Crippen molar-refractivity contribution in [3.8, 4) is 0 Å². The van der Waals surface area contributed by atoms with E-state index in [0.29, 0.717) is 0 Å². The third-order valence-electron chi connectivity index (χ3n) is 7.05. The molecule has 2 heteroatoms. The Bertz CT molecular complexity index is 310. The Labute approximate surface area is 131 Å². The van der Waals surface area contributed by atoms with Gasteiger partial charge in [0.05, 0.1) is 0 Å². The Morgan fingerprint density at radius 1 is 0.810 bits per heavy atom. The molecule has 4 aliphatic carbocycles. The molecule has 21 heavy (non-hydrogen) atoms. The summed E-state index contributed by atoms with van der Waals surface area (Å²) in [5, 5.41) is 3.77. The van der Waals surface area contributed by atoms with E-state index in [2.05, 4.69) is 10.2 Å². The molecule has 4 bridgehead atoms. The van der Waals surface area contributed by atoms with E-state index in [1.54, 1.807) is 38.5 Å². The normalized spacial score (nSPS) is 42.6. The van der Waals surface area contributed by atoms with Crippen LogP contribution in [0.5, 0.6) is 0 Å². The van der Waals surface area contributed by atoms with Gasteiger partial charge in [-0.3, -0.25) is 0 Å². The average molecular weight is 290 g/mol. The molecule has 2 nitrogen and oxygen atoms in total. The molecule has 1 heterocycles. The zero-order chi connectivity index (χ0) is 14.1. The predicted molar refractivity (Wildman–Crippen MR) is 88.4 cm³/mol. The molecule has 0 aromatic carbocycles. The molecule has 0 spiro atoms. The third-order valence-corrected chi connectivity index (χ3v) is 7.05. The molecular weight excluding hydrogens is 256 g/mol. The minimum absolute atomic E-state index is 0.771. The van der Waals surface area contributed by atoms with Crippen molar-refractivity contribution in [3.63, 3.8) is 0 Å². The molecule has 4 saturated carbocycles. The van der Waals surface area contributed by atoms with Crippen LogP contribution in [0.1, 0.15) is 64.2 Å². The lowest BCUT2D eigenvalue weighted by Gasteiger charge is -2.57. The van der Waals surface area contributed by atoms with Crippen LogP contribution in [0.3, 0.4) is 0 Å². The minimum atomic E-state index is 0.771. The third kappa shape index (κ3) is 3.32. The van der Waals surface area contributed by atoms with Crippen LogP contribution in [-0.4, -0.2) is 37.6 Å². The smallest absolute Gasteiger partial charge is 0.0107 e. The van der Waals surface area contributed by atoms with Crippen LogP contribution in [0.15, 0.2) is 0 Å². The van der Waals surface area contributed by atoms with Gasteiger partial charge in [0, 0.05) is 13.1 Å². The summed E-state index contributed by atoms with van der Waals surface area (Å²) in [5.74, 6) is 3.35.